The van der Waals surface area contributed by atoms with Gasteiger partial charge < -0.3 is 14.6 Å². The van der Waals surface area contributed by atoms with Gasteiger partial charge in [-0.3, -0.25) is 9.59 Å². The molecule has 0 bridgehead atoms. The number of amides is 2. The molecule has 3 aromatic rings. The smallest absolute Gasteiger partial charge is 0.294 e. The van der Waals surface area contributed by atoms with Crippen LogP contribution in [0.3, 0.4) is 0 Å². The highest BCUT2D eigenvalue weighted by Gasteiger charge is 2.20. The van der Waals surface area contributed by atoms with Gasteiger partial charge in [-0.2, -0.15) is 0 Å². The quantitative estimate of drug-likeness (QED) is 0.646. The van der Waals surface area contributed by atoms with Gasteiger partial charge >= 0.3 is 0 Å². The molecule has 3 rings (SSSR count). The summed E-state index contributed by atoms with van der Waals surface area (Å²) < 4.78 is 5.32. The van der Waals surface area contributed by atoms with E-state index in [4.69, 9.17) is 4.42 Å². The molecule has 0 aliphatic carbocycles. The number of nitrogens with one attached hydrogen (secondary N) is 1. The zero-order valence-corrected chi connectivity index (χ0v) is 17.0. The van der Waals surface area contributed by atoms with Crippen LogP contribution >= 0.6 is 0 Å². The van der Waals surface area contributed by atoms with Gasteiger partial charge in [-0.05, 0) is 56.2 Å². The number of rotatable bonds is 7. The summed E-state index contributed by atoms with van der Waals surface area (Å²) in [6.07, 6.45) is 1.80. The van der Waals surface area contributed by atoms with Crippen LogP contribution in [0.1, 0.15) is 41.1 Å². The predicted molar refractivity (Wildman–Crippen MR) is 114 cm³/mol. The summed E-state index contributed by atoms with van der Waals surface area (Å²) in [5, 5.41) is 2.89. The van der Waals surface area contributed by atoms with E-state index in [1.54, 1.807) is 17.0 Å². The molecular formula is C24H26N2O3. The maximum atomic E-state index is 13.0. The lowest BCUT2D eigenvalue weighted by Crippen LogP contribution is -2.31. The molecular weight excluding hydrogens is 364 g/mol. The third-order valence-corrected chi connectivity index (χ3v) is 4.50. The Morgan fingerprint density at radius 1 is 0.966 bits per heavy atom. The SMILES string of the molecule is Cc1ccc(CN(C(=O)c2ccco2)c2ccc(CC(=O)NC(C)C)cc2)cc1. The second kappa shape index (κ2) is 9.24. The van der Waals surface area contributed by atoms with Crippen LogP contribution in [-0.4, -0.2) is 17.9 Å². The van der Waals surface area contributed by atoms with Gasteiger partial charge in [0.05, 0.1) is 19.2 Å². The van der Waals surface area contributed by atoms with E-state index in [-0.39, 0.29) is 23.6 Å². The number of benzene rings is 2. The number of hydrogen-bond acceptors (Lipinski definition) is 3. The zero-order valence-electron chi connectivity index (χ0n) is 17.0. The van der Waals surface area contributed by atoms with Crippen LogP contribution in [0.15, 0.2) is 71.3 Å². The Bertz CT molecular complexity index is 943. The van der Waals surface area contributed by atoms with Crippen molar-refractivity contribution in [2.24, 2.45) is 0 Å². The number of hydrogen-bond donors (Lipinski definition) is 1. The molecule has 0 aliphatic rings. The van der Waals surface area contributed by atoms with Gasteiger partial charge in [-0.15, -0.1) is 0 Å². The maximum Gasteiger partial charge on any atom is 0.294 e. The number of furan rings is 1. The van der Waals surface area contributed by atoms with Crippen LogP contribution in [0.2, 0.25) is 0 Å². The molecule has 2 amide bonds. The summed E-state index contributed by atoms with van der Waals surface area (Å²) in [5.41, 5.74) is 3.84. The van der Waals surface area contributed by atoms with Gasteiger partial charge in [0.15, 0.2) is 5.76 Å². The van der Waals surface area contributed by atoms with Gasteiger partial charge in [0, 0.05) is 11.7 Å². The molecule has 2 aromatic carbocycles. The van der Waals surface area contributed by atoms with Crippen LogP contribution in [-0.2, 0) is 17.8 Å². The minimum Gasteiger partial charge on any atom is -0.459 e. The van der Waals surface area contributed by atoms with Gasteiger partial charge in [0.1, 0.15) is 0 Å². The molecule has 0 spiro atoms. The lowest BCUT2D eigenvalue weighted by atomic mass is 10.1. The summed E-state index contributed by atoms with van der Waals surface area (Å²) in [5.74, 6) is 0.0642. The fourth-order valence-corrected chi connectivity index (χ4v) is 3.04. The van der Waals surface area contributed by atoms with Crippen LogP contribution in [0.25, 0.3) is 0 Å². The van der Waals surface area contributed by atoms with Crippen molar-refractivity contribution in [2.75, 3.05) is 4.90 Å². The molecule has 0 saturated heterocycles. The van der Waals surface area contributed by atoms with Crippen LogP contribution in [0.4, 0.5) is 5.69 Å². The molecule has 1 heterocycles. The average molecular weight is 390 g/mol. The van der Waals surface area contributed by atoms with Crippen molar-refractivity contribution in [3.05, 3.63) is 89.4 Å². The second-order valence-electron chi connectivity index (χ2n) is 7.42. The number of aryl methyl sites for hydroxylation is 1. The molecule has 0 saturated carbocycles. The number of carbonyl (C=O) groups excluding carboxylic acids is 2. The monoisotopic (exact) mass is 390 g/mol. The molecule has 5 heteroatoms. The van der Waals surface area contributed by atoms with Gasteiger partial charge in [-0.1, -0.05) is 42.0 Å². The van der Waals surface area contributed by atoms with E-state index in [9.17, 15) is 9.59 Å². The molecule has 1 aromatic heterocycles. The molecule has 0 aliphatic heterocycles. The van der Waals surface area contributed by atoms with Gasteiger partial charge in [0.25, 0.3) is 5.91 Å². The number of anilines is 1. The topological polar surface area (TPSA) is 62.6 Å². The zero-order chi connectivity index (χ0) is 20.8. The highest BCUT2D eigenvalue weighted by Crippen LogP contribution is 2.22. The Kier molecular flexibility index (Phi) is 6.50. The molecule has 1 N–H and O–H groups in total. The summed E-state index contributed by atoms with van der Waals surface area (Å²) in [7, 11) is 0. The lowest BCUT2D eigenvalue weighted by Gasteiger charge is -2.22. The van der Waals surface area contributed by atoms with Crippen LogP contribution in [0.5, 0.6) is 0 Å². The first-order chi connectivity index (χ1) is 13.9. The van der Waals surface area contributed by atoms with Crippen LogP contribution in [0, 0.1) is 6.92 Å². The number of carbonyl (C=O) groups is 2. The minimum atomic E-state index is -0.208. The predicted octanol–water partition coefficient (Wildman–Crippen LogP) is 4.50. The minimum absolute atomic E-state index is 0.0177. The molecule has 29 heavy (non-hydrogen) atoms. The Morgan fingerprint density at radius 3 is 2.21 bits per heavy atom. The van der Waals surface area contributed by atoms with Crippen molar-refractivity contribution in [1.29, 1.82) is 0 Å². The number of nitrogens with zero attached hydrogens (tertiary/aromatic N) is 1. The standard InChI is InChI=1S/C24H26N2O3/c1-17(2)25-23(27)15-19-10-12-21(13-11-19)26(24(28)22-5-4-14-29-22)16-20-8-6-18(3)7-9-20/h4-14,17H,15-16H2,1-3H3,(H,25,27). The highest BCUT2D eigenvalue weighted by molar-refractivity contribution is 6.04. The summed E-state index contributed by atoms with van der Waals surface area (Å²) >= 11 is 0. The summed E-state index contributed by atoms with van der Waals surface area (Å²) in [6, 6.07) is 19.1. The second-order valence-corrected chi connectivity index (χ2v) is 7.42. The third-order valence-electron chi connectivity index (χ3n) is 4.50. The third kappa shape index (κ3) is 5.57. The Labute approximate surface area is 171 Å². The Balaban J connectivity index is 1.82. The highest BCUT2D eigenvalue weighted by atomic mass is 16.3. The maximum absolute atomic E-state index is 13.0. The fourth-order valence-electron chi connectivity index (χ4n) is 3.04. The first-order valence-corrected chi connectivity index (χ1v) is 9.71. The lowest BCUT2D eigenvalue weighted by molar-refractivity contribution is -0.120. The van der Waals surface area contributed by atoms with Crippen molar-refractivity contribution in [3.63, 3.8) is 0 Å². The van der Waals surface area contributed by atoms with E-state index >= 15 is 0 Å². The molecule has 150 valence electrons. The molecule has 0 unspecified atom stereocenters. The first-order valence-electron chi connectivity index (χ1n) is 9.71. The normalized spacial score (nSPS) is 10.8. The van der Waals surface area contributed by atoms with Crippen molar-refractivity contribution >= 4 is 17.5 Å². The van der Waals surface area contributed by atoms with E-state index in [0.29, 0.717) is 13.0 Å². The molecule has 0 atom stereocenters. The van der Waals surface area contributed by atoms with E-state index in [1.165, 1.54) is 11.8 Å². The molecule has 5 nitrogen and oxygen atoms in total. The summed E-state index contributed by atoms with van der Waals surface area (Å²) in [6.45, 7) is 6.32. The average Bonchev–Trinajstić information content (AvgIpc) is 3.22. The van der Waals surface area contributed by atoms with Crippen LogP contribution < -0.4 is 10.2 Å². The van der Waals surface area contributed by atoms with E-state index < -0.39 is 0 Å². The first kappa shape index (κ1) is 20.4. The Hall–Kier alpha value is -3.34. The van der Waals surface area contributed by atoms with Gasteiger partial charge in [-0.25, -0.2) is 0 Å². The summed E-state index contributed by atoms with van der Waals surface area (Å²) in [4.78, 5) is 26.7. The van der Waals surface area contributed by atoms with Crippen molar-refractivity contribution in [3.8, 4) is 0 Å². The van der Waals surface area contributed by atoms with Crippen molar-refractivity contribution in [2.45, 2.75) is 39.8 Å². The molecule has 0 fully saturated rings. The van der Waals surface area contributed by atoms with Crippen molar-refractivity contribution in [1.82, 2.24) is 5.32 Å². The van der Waals surface area contributed by atoms with E-state index in [1.807, 2.05) is 69.3 Å². The van der Waals surface area contributed by atoms with Gasteiger partial charge in [0.2, 0.25) is 5.91 Å². The van der Waals surface area contributed by atoms with E-state index in [0.717, 1.165) is 16.8 Å². The Morgan fingerprint density at radius 2 is 1.62 bits per heavy atom. The fraction of sp³-hybridized carbons (Fsp3) is 0.250. The molecule has 0 radical (unpaired) electrons. The largest absolute Gasteiger partial charge is 0.459 e. The van der Waals surface area contributed by atoms with Crippen molar-refractivity contribution < 1.29 is 14.0 Å². The van der Waals surface area contributed by atoms with E-state index in [2.05, 4.69) is 5.32 Å².